The Kier molecular flexibility index (Phi) is 4.12. The smallest absolute Gasteiger partial charge is 0.409 e. The normalized spacial score (nSPS) is 29.4. The van der Waals surface area contributed by atoms with Crippen LogP contribution in [0.25, 0.3) is 0 Å². The third-order valence-corrected chi connectivity index (χ3v) is 6.12. The highest BCUT2D eigenvalue weighted by Crippen LogP contribution is 2.51. The minimum Gasteiger partial charge on any atom is -0.409 e. The molecule has 4 rings (SSSR count). The first-order chi connectivity index (χ1) is 12.0. The maximum absolute atomic E-state index is 12.2. The summed E-state index contributed by atoms with van der Waals surface area (Å²) in [6.07, 6.45) is 4.59. The van der Waals surface area contributed by atoms with E-state index in [0.717, 1.165) is 38.9 Å². The standard InChI is InChI=1S/C19H28N4O2/c1-19-9-12-21(2)17(19)22(3)16-8-7-14(13-15(16)19)25-18(24)20-23-10-5-4-6-11-23/h7-8,13,17H,4-6,9-12H2,1-3H3,(H,20,24)/t17-,19+/m0/s1. The molecule has 6 heteroatoms. The SMILES string of the molecule is CN1CC[C@]2(C)c3cc(OC(=O)NN4CCCCC4)ccc3N(C)[C@H]12. The van der Waals surface area contributed by atoms with Gasteiger partial charge in [-0.05, 0) is 50.1 Å². The second-order valence-electron chi connectivity index (χ2n) is 7.86. The van der Waals surface area contributed by atoms with Crippen molar-refractivity contribution < 1.29 is 9.53 Å². The number of ether oxygens (including phenoxy) is 1. The summed E-state index contributed by atoms with van der Waals surface area (Å²) in [4.78, 5) is 17.0. The number of hydrogen-bond acceptors (Lipinski definition) is 5. The number of benzene rings is 1. The van der Waals surface area contributed by atoms with Gasteiger partial charge in [-0.15, -0.1) is 0 Å². The number of rotatable bonds is 2. The topological polar surface area (TPSA) is 48.1 Å². The quantitative estimate of drug-likeness (QED) is 0.893. The molecule has 1 aromatic carbocycles. The molecule has 136 valence electrons. The van der Waals surface area contributed by atoms with Crippen LogP contribution < -0.4 is 15.1 Å². The number of carbonyl (C=O) groups excluding carboxylic acids is 1. The van der Waals surface area contributed by atoms with Gasteiger partial charge in [0.05, 0.1) is 6.17 Å². The predicted octanol–water partition coefficient (Wildman–Crippen LogP) is 2.55. The largest absolute Gasteiger partial charge is 0.427 e. The molecule has 0 aromatic heterocycles. The highest BCUT2D eigenvalue weighted by atomic mass is 16.6. The molecule has 3 aliphatic heterocycles. The number of hydrazine groups is 1. The van der Waals surface area contributed by atoms with Crippen molar-refractivity contribution in [3.05, 3.63) is 23.8 Å². The number of anilines is 1. The molecule has 1 amide bonds. The van der Waals surface area contributed by atoms with Crippen molar-refractivity contribution >= 4 is 11.8 Å². The molecule has 6 nitrogen and oxygen atoms in total. The lowest BCUT2D eigenvalue weighted by Crippen LogP contribution is -2.46. The van der Waals surface area contributed by atoms with E-state index in [2.05, 4.69) is 48.4 Å². The summed E-state index contributed by atoms with van der Waals surface area (Å²) in [5, 5.41) is 1.95. The van der Waals surface area contributed by atoms with Crippen LogP contribution in [0.15, 0.2) is 18.2 Å². The van der Waals surface area contributed by atoms with E-state index in [4.69, 9.17) is 4.74 Å². The molecule has 0 unspecified atom stereocenters. The average Bonchev–Trinajstić information content (AvgIpc) is 3.01. The molecule has 0 radical (unpaired) electrons. The fourth-order valence-electron chi connectivity index (χ4n) is 4.88. The lowest BCUT2D eigenvalue weighted by molar-refractivity contribution is 0.129. The molecule has 25 heavy (non-hydrogen) atoms. The van der Waals surface area contributed by atoms with Crippen molar-refractivity contribution in [3.8, 4) is 5.75 Å². The van der Waals surface area contributed by atoms with E-state index >= 15 is 0 Å². The first-order valence-electron chi connectivity index (χ1n) is 9.30. The minimum absolute atomic E-state index is 0.0849. The number of likely N-dealkylation sites (N-methyl/N-ethyl adjacent to an activating group) is 2. The van der Waals surface area contributed by atoms with Crippen molar-refractivity contribution in [1.82, 2.24) is 15.3 Å². The van der Waals surface area contributed by atoms with E-state index in [9.17, 15) is 4.79 Å². The molecule has 2 fully saturated rings. The number of fused-ring (bicyclic) bond motifs is 3. The molecule has 0 spiro atoms. The maximum Gasteiger partial charge on any atom is 0.427 e. The zero-order valence-corrected chi connectivity index (χ0v) is 15.4. The van der Waals surface area contributed by atoms with Crippen molar-refractivity contribution in [2.24, 2.45) is 0 Å². The third kappa shape index (κ3) is 2.77. The van der Waals surface area contributed by atoms with Crippen LogP contribution in [0.2, 0.25) is 0 Å². The van der Waals surface area contributed by atoms with Gasteiger partial charge in [-0.25, -0.2) is 9.80 Å². The fraction of sp³-hybridized carbons (Fsp3) is 0.632. The Bertz CT molecular complexity index is 673. The van der Waals surface area contributed by atoms with Gasteiger partial charge in [-0.1, -0.05) is 13.3 Å². The summed E-state index contributed by atoms with van der Waals surface area (Å²) in [5.74, 6) is 0.623. The zero-order chi connectivity index (χ0) is 17.6. The average molecular weight is 344 g/mol. The van der Waals surface area contributed by atoms with Gasteiger partial charge in [0.25, 0.3) is 0 Å². The zero-order valence-electron chi connectivity index (χ0n) is 15.4. The Hall–Kier alpha value is -1.79. The van der Waals surface area contributed by atoms with Gasteiger partial charge in [0.15, 0.2) is 0 Å². The van der Waals surface area contributed by atoms with Crippen LogP contribution in [0.1, 0.15) is 38.2 Å². The van der Waals surface area contributed by atoms with E-state index in [1.165, 1.54) is 17.7 Å². The summed E-state index contributed by atoms with van der Waals surface area (Å²) in [6.45, 7) is 5.21. The highest BCUT2D eigenvalue weighted by Gasteiger charge is 2.52. The van der Waals surface area contributed by atoms with Crippen LogP contribution in [-0.2, 0) is 5.41 Å². The lowest BCUT2D eigenvalue weighted by atomic mass is 9.81. The number of carbonyl (C=O) groups is 1. The summed E-state index contributed by atoms with van der Waals surface area (Å²) in [7, 11) is 4.34. The molecule has 3 aliphatic rings. The van der Waals surface area contributed by atoms with Crippen LogP contribution in [0.5, 0.6) is 5.75 Å². The van der Waals surface area contributed by atoms with Crippen LogP contribution in [0, 0.1) is 0 Å². The summed E-state index contributed by atoms with van der Waals surface area (Å²) >= 11 is 0. The van der Waals surface area contributed by atoms with Crippen molar-refractivity contribution in [2.45, 2.75) is 44.2 Å². The molecule has 3 heterocycles. The highest BCUT2D eigenvalue weighted by molar-refractivity contribution is 5.72. The van der Waals surface area contributed by atoms with E-state index < -0.39 is 6.09 Å². The first kappa shape index (κ1) is 16.7. The van der Waals surface area contributed by atoms with Gasteiger partial charge < -0.3 is 9.64 Å². The molecule has 2 saturated heterocycles. The lowest BCUT2D eigenvalue weighted by Gasteiger charge is -2.32. The van der Waals surface area contributed by atoms with Gasteiger partial charge in [-0.2, -0.15) is 0 Å². The van der Waals surface area contributed by atoms with Gasteiger partial charge in [-0.3, -0.25) is 10.3 Å². The molecular formula is C19H28N4O2. The molecule has 2 atom stereocenters. The maximum atomic E-state index is 12.2. The number of nitrogens with one attached hydrogen (secondary N) is 1. The number of nitrogens with zero attached hydrogens (tertiary/aromatic N) is 3. The van der Waals surface area contributed by atoms with Gasteiger partial charge >= 0.3 is 6.09 Å². The van der Waals surface area contributed by atoms with Gasteiger partial charge in [0, 0.05) is 37.8 Å². The van der Waals surface area contributed by atoms with Crippen molar-refractivity contribution in [2.75, 3.05) is 38.6 Å². The Morgan fingerprint density at radius 3 is 2.72 bits per heavy atom. The van der Waals surface area contributed by atoms with Crippen molar-refractivity contribution in [3.63, 3.8) is 0 Å². The van der Waals surface area contributed by atoms with Crippen LogP contribution >= 0.6 is 0 Å². The molecule has 0 aliphatic carbocycles. The molecule has 1 N–H and O–H groups in total. The van der Waals surface area contributed by atoms with Crippen molar-refractivity contribution in [1.29, 1.82) is 0 Å². The summed E-state index contributed by atoms with van der Waals surface area (Å²) in [6, 6.07) is 6.03. The van der Waals surface area contributed by atoms with Crippen LogP contribution in [0.4, 0.5) is 10.5 Å². The number of likely N-dealkylation sites (tertiary alicyclic amines) is 1. The molecule has 0 saturated carbocycles. The Morgan fingerprint density at radius 1 is 1.20 bits per heavy atom. The van der Waals surface area contributed by atoms with E-state index in [-0.39, 0.29) is 5.41 Å². The fourth-order valence-corrected chi connectivity index (χ4v) is 4.88. The summed E-state index contributed by atoms with van der Waals surface area (Å²) in [5.41, 5.74) is 5.47. The Morgan fingerprint density at radius 2 is 1.96 bits per heavy atom. The van der Waals surface area contributed by atoms with E-state index in [1.807, 2.05) is 11.1 Å². The number of amides is 1. The predicted molar refractivity (Wildman–Crippen MR) is 97.8 cm³/mol. The van der Waals surface area contributed by atoms with Gasteiger partial charge in [0.1, 0.15) is 5.75 Å². The van der Waals surface area contributed by atoms with Crippen LogP contribution in [-0.4, -0.2) is 55.9 Å². The molecular weight excluding hydrogens is 316 g/mol. The van der Waals surface area contributed by atoms with E-state index in [1.54, 1.807) is 0 Å². The first-order valence-corrected chi connectivity index (χ1v) is 9.30. The number of hydrogen-bond donors (Lipinski definition) is 1. The Labute approximate surface area is 149 Å². The molecule has 0 bridgehead atoms. The third-order valence-electron chi connectivity index (χ3n) is 6.12. The summed E-state index contributed by atoms with van der Waals surface area (Å²) < 4.78 is 5.57. The van der Waals surface area contributed by atoms with E-state index in [0.29, 0.717) is 11.9 Å². The molecule has 1 aromatic rings. The Balaban J connectivity index is 1.50. The second-order valence-corrected chi connectivity index (χ2v) is 7.86. The second kappa shape index (κ2) is 6.18. The number of piperidine rings is 1. The van der Waals surface area contributed by atoms with Gasteiger partial charge in [0.2, 0.25) is 0 Å². The minimum atomic E-state index is -0.390. The monoisotopic (exact) mass is 344 g/mol. The van der Waals surface area contributed by atoms with Crippen LogP contribution in [0.3, 0.4) is 0 Å².